The molecule has 0 aromatic heterocycles. The summed E-state index contributed by atoms with van der Waals surface area (Å²) in [7, 11) is 0. The molecule has 0 heterocycles. The summed E-state index contributed by atoms with van der Waals surface area (Å²) in [5.41, 5.74) is 5.76. The smallest absolute Gasteiger partial charge is 0.139 e. The molecule has 1 aliphatic rings. The molecule has 4 nitrogen and oxygen atoms in total. The lowest BCUT2D eigenvalue weighted by molar-refractivity contribution is 0.314. The summed E-state index contributed by atoms with van der Waals surface area (Å²) < 4.78 is 0. The Morgan fingerprint density at radius 2 is 2.38 bits per heavy atom. The molecule has 0 aromatic rings. The van der Waals surface area contributed by atoms with E-state index in [1.165, 1.54) is 0 Å². The minimum atomic E-state index is 0.243. The van der Waals surface area contributed by atoms with E-state index >= 15 is 0 Å². The van der Waals surface area contributed by atoms with Gasteiger partial charge in [-0.2, -0.15) is 0 Å². The minimum Gasteiger partial charge on any atom is -0.409 e. The monoisotopic (exact) mass is 241 g/mol. The molecule has 0 spiro atoms. The lowest BCUT2D eigenvalue weighted by atomic mass is 10.0. The van der Waals surface area contributed by atoms with E-state index in [9.17, 15) is 0 Å². The van der Waals surface area contributed by atoms with E-state index in [-0.39, 0.29) is 5.41 Å². The van der Waals surface area contributed by atoms with Gasteiger partial charge >= 0.3 is 0 Å². The Morgan fingerprint density at radius 1 is 1.62 bits per heavy atom. The summed E-state index contributed by atoms with van der Waals surface area (Å²) in [6.45, 7) is 1.91. The second-order valence-corrected chi connectivity index (χ2v) is 5.31. The molecule has 16 heavy (non-hydrogen) atoms. The van der Waals surface area contributed by atoms with Gasteiger partial charge < -0.3 is 16.3 Å². The van der Waals surface area contributed by atoms with Crippen molar-refractivity contribution in [2.24, 2.45) is 16.3 Å². The number of oxime groups is 1. The highest BCUT2D eigenvalue weighted by Crippen LogP contribution is 2.48. The van der Waals surface area contributed by atoms with Crippen LogP contribution in [0.3, 0.4) is 0 Å². The molecule has 0 amide bonds. The van der Waals surface area contributed by atoms with Crippen molar-refractivity contribution < 1.29 is 5.21 Å². The number of nitrogens with zero attached hydrogens (tertiary/aromatic N) is 1. The molecule has 0 saturated heterocycles. The van der Waals surface area contributed by atoms with Gasteiger partial charge in [0, 0.05) is 25.3 Å². The van der Waals surface area contributed by atoms with Gasteiger partial charge in [-0.25, -0.2) is 0 Å². The van der Waals surface area contributed by atoms with Crippen molar-refractivity contribution in [3.05, 3.63) is 0 Å². The van der Waals surface area contributed by atoms with Crippen LogP contribution < -0.4 is 11.1 Å². The number of hydrogen-bond acceptors (Lipinski definition) is 4. The molecular formula is C11H19N3OS. The highest BCUT2D eigenvalue weighted by atomic mass is 32.2. The minimum absolute atomic E-state index is 0.243. The van der Waals surface area contributed by atoms with Crippen LogP contribution in [0.25, 0.3) is 0 Å². The summed E-state index contributed by atoms with van der Waals surface area (Å²) in [6, 6.07) is 0. The summed E-state index contributed by atoms with van der Waals surface area (Å²) in [6.07, 6.45) is 8.16. The van der Waals surface area contributed by atoms with E-state index in [4.69, 9.17) is 17.4 Å². The van der Waals surface area contributed by atoms with Gasteiger partial charge in [0.2, 0.25) is 0 Å². The standard InChI is InChI=1S/C11H19N3OS/c1-2-6-16-7-5-13-9-11(3-4-11)8-10(12)14-15/h1,13,15H,3-9H2,(H2,12,14). The zero-order valence-corrected chi connectivity index (χ0v) is 10.2. The van der Waals surface area contributed by atoms with Gasteiger partial charge in [-0.05, 0) is 18.3 Å². The maximum Gasteiger partial charge on any atom is 0.139 e. The number of nitrogens with one attached hydrogen (secondary N) is 1. The highest BCUT2D eigenvalue weighted by Gasteiger charge is 2.42. The largest absolute Gasteiger partial charge is 0.409 e. The van der Waals surface area contributed by atoms with Crippen molar-refractivity contribution in [3.8, 4) is 12.3 Å². The molecule has 0 bridgehead atoms. The van der Waals surface area contributed by atoms with Gasteiger partial charge in [0.15, 0.2) is 0 Å². The molecule has 90 valence electrons. The van der Waals surface area contributed by atoms with Crippen LogP contribution in [0.4, 0.5) is 0 Å². The quantitative estimate of drug-likeness (QED) is 0.147. The zero-order valence-electron chi connectivity index (χ0n) is 9.41. The molecule has 0 radical (unpaired) electrons. The van der Waals surface area contributed by atoms with Crippen molar-refractivity contribution in [3.63, 3.8) is 0 Å². The Hall–Kier alpha value is -0.860. The molecule has 0 aliphatic heterocycles. The van der Waals surface area contributed by atoms with Gasteiger partial charge in [0.25, 0.3) is 0 Å². The van der Waals surface area contributed by atoms with Crippen LogP contribution in [-0.4, -0.2) is 35.6 Å². The molecule has 1 rings (SSSR count). The van der Waals surface area contributed by atoms with Crippen molar-refractivity contribution >= 4 is 17.6 Å². The molecular weight excluding hydrogens is 222 g/mol. The van der Waals surface area contributed by atoms with E-state index < -0.39 is 0 Å². The van der Waals surface area contributed by atoms with Crippen molar-refractivity contribution in [1.29, 1.82) is 0 Å². The highest BCUT2D eigenvalue weighted by molar-refractivity contribution is 7.99. The van der Waals surface area contributed by atoms with E-state index in [0.29, 0.717) is 12.3 Å². The molecule has 0 atom stereocenters. The Morgan fingerprint density at radius 3 is 2.94 bits per heavy atom. The first-order chi connectivity index (χ1) is 7.72. The average Bonchev–Trinajstić information content (AvgIpc) is 3.03. The second-order valence-electron chi connectivity index (χ2n) is 4.20. The van der Waals surface area contributed by atoms with E-state index in [2.05, 4.69) is 16.4 Å². The van der Waals surface area contributed by atoms with E-state index in [1.807, 2.05) is 0 Å². The third kappa shape index (κ3) is 4.77. The molecule has 0 aromatic carbocycles. The van der Waals surface area contributed by atoms with Crippen molar-refractivity contribution in [2.45, 2.75) is 19.3 Å². The molecule has 0 unspecified atom stereocenters. The maximum atomic E-state index is 8.52. The van der Waals surface area contributed by atoms with Crippen LogP contribution in [0, 0.1) is 17.8 Å². The summed E-state index contributed by atoms with van der Waals surface area (Å²) in [5, 5.41) is 14.9. The number of thioether (sulfide) groups is 1. The van der Waals surface area contributed by atoms with Crippen LogP contribution in [0.15, 0.2) is 5.16 Å². The van der Waals surface area contributed by atoms with Gasteiger partial charge in [-0.15, -0.1) is 18.2 Å². The molecule has 1 fully saturated rings. The molecule has 1 saturated carbocycles. The van der Waals surface area contributed by atoms with Crippen LogP contribution >= 0.6 is 11.8 Å². The normalized spacial score (nSPS) is 18.1. The predicted molar refractivity (Wildman–Crippen MR) is 68.7 cm³/mol. The third-order valence-electron chi connectivity index (χ3n) is 2.75. The number of rotatable bonds is 8. The first kappa shape index (κ1) is 13.2. The van der Waals surface area contributed by atoms with Crippen LogP contribution in [-0.2, 0) is 0 Å². The lowest BCUT2D eigenvalue weighted by Crippen LogP contribution is -2.29. The fourth-order valence-electron chi connectivity index (χ4n) is 1.64. The van der Waals surface area contributed by atoms with Gasteiger partial charge in [-0.1, -0.05) is 11.1 Å². The Kier molecular flexibility index (Phi) is 5.50. The van der Waals surface area contributed by atoms with Crippen LogP contribution in [0.5, 0.6) is 0 Å². The summed E-state index contributed by atoms with van der Waals surface area (Å²) in [5.74, 6) is 4.74. The number of hydrogen-bond donors (Lipinski definition) is 3. The number of terminal acetylenes is 1. The van der Waals surface area contributed by atoms with Crippen LogP contribution in [0.1, 0.15) is 19.3 Å². The Balaban J connectivity index is 2.06. The van der Waals surface area contributed by atoms with Gasteiger partial charge in [0.05, 0.1) is 5.75 Å². The SMILES string of the molecule is C#CCSCCNCC1(CC(N)=NO)CC1. The van der Waals surface area contributed by atoms with Crippen LogP contribution in [0.2, 0.25) is 0 Å². The number of nitrogens with two attached hydrogens (primary N) is 1. The van der Waals surface area contributed by atoms with Crippen molar-refractivity contribution in [2.75, 3.05) is 24.6 Å². The number of amidine groups is 1. The molecule has 4 N–H and O–H groups in total. The topological polar surface area (TPSA) is 70.6 Å². The average molecular weight is 241 g/mol. The zero-order chi connectivity index (χ0) is 11.9. The first-order valence-corrected chi connectivity index (χ1v) is 6.56. The van der Waals surface area contributed by atoms with Crippen molar-refractivity contribution in [1.82, 2.24) is 5.32 Å². The maximum absolute atomic E-state index is 8.52. The Labute approximate surface area is 101 Å². The Bertz CT molecular complexity index is 281. The summed E-state index contributed by atoms with van der Waals surface area (Å²) >= 11 is 1.76. The second kappa shape index (κ2) is 6.66. The van der Waals surface area contributed by atoms with E-state index in [1.54, 1.807) is 11.8 Å². The lowest BCUT2D eigenvalue weighted by Gasteiger charge is -2.14. The van der Waals surface area contributed by atoms with E-state index in [0.717, 1.165) is 37.4 Å². The summed E-state index contributed by atoms with van der Waals surface area (Å²) in [4.78, 5) is 0. The fraction of sp³-hybridized carbons (Fsp3) is 0.727. The predicted octanol–water partition coefficient (Wildman–Crippen LogP) is 0.859. The third-order valence-corrected chi connectivity index (χ3v) is 3.61. The fourth-order valence-corrected chi connectivity index (χ4v) is 2.19. The molecule has 1 aliphatic carbocycles. The van der Waals surface area contributed by atoms with Gasteiger partial charge in [0.1, 0.15) is 5.84 Å². The van der Waals surface area contributed by atoms with Gasteiger partial charge in [-0.3, -0.25) is 0 Å². The first-order valence-electron chi connectivity index (χ1n) is 5.41. The molecule has 5 heteroatoms.